The quantitative estimate of drug-likeness (QED) is 0.427. The van der Waals surface area contributed by atoms with E-state index >= 15 is 0 Å². The summed E-state index contributed by atoms with van der Waals surface area (Å²) in [6.07, 6.45) is 2.91. The SMILES string of the molecule is CCCCOCCCN(CCC(=O)OCC)C(=O)c1ccc(F)cc1. The van der Waals surface area contributed by atoms with E-state index in [1.54, 1.807) is 11.8 Å². The predicted octanol–water partition coefficient (Wildman–Crippen LogP) is 3.43. The van der Waals surface area contributed by atoms with E-state index in [4.69, 9.17) is 9.47 Å². The second kappa shape index (κ2) is 12.4. The number of nitrogens with zero attached hydrogens (tertiary/aromatic N) is 1. The lowest BCUT2D eigenvalue weighted by Crippen LogP contribution is -2.34. The van der Waals surface area contributed by atoms with E-state index in [9.17, 15) is 14.0 Å². The van der Waals surface area contributed by atoms with Crippen LogP contribution in [0, 0.1) is 5.82 Å². The summed E-state index contributed by atoms with van der Waals surface area (Å²) >= 11 is 0. The number of hydrogen-bond acceptors (Lipinski definition) is 4. The third-order valence-electron chi connectivity index (χ3n) is 3.63. The van der Waals surface area contributed by atoms with Crippen LogP contribution in [-0.2, 0) is 14.3 Å². The van der Waals surface area contributed by atoms with Crippen LogP contribution in [0.15, 0.2) is 24.3 Å². The average molecular weight is 353 g/mol. The first kappa shape index (κ1) is 21.1. The van der Waals surface area contributed by atoms with Gasteiger partial charge in [-0.05, 0) is 44.0 Å². The molecular weight excluding hydrogens is 325 g/mol. The Morgan fingerprint density at radius 3 is 2.36 bits per heavy atom. The number of carbonyl (C=O) groups excluding carboxylic acids is 2. The molecule has 25 heavy (non-hydrogen) atoms. The van der Waals surface area contributed by atoms with Gasteiger partial charge in [-0.1, -0.05) is 13.3 Å². The molecule has 1 amide bonds. The van der Waals surface area contributed by atoms with Gasteiger partial charge in [0.1, 0.15) is 5.82 Å². The standard InChI is InChI=1S/C19H28FNO4/c1-3-5-14-24-15-6-12-21(13-11-18(22)25-4-2)19(23)16-7-9-17(20)10-8-16/h7-10H,3-6,11-15H2,1-2H3. The lowest BCUT2D eigenvalue weighted by molar-refractivity contribution is -0.143. The van der Waals surface area contributed by atoms with Crippen LogP contribution in [-0.4, -0.2) is 49.7 Å². The molecule has 0 N–H and O–H groups in total. The van der Waals surface area contributed by atoms with Crippen LogP contribution < -0.4 is 0 Å². The summed E-state index contributed by atoms with van der Waals surface area (Å²) in [5.41, 5.74) is 0.400. The Labute approximate surface area is 149 Å². The Bertz CT molecular complexity index is 519. The Kier molecular flexibility index (Phi) is 10.5. The third kappa shape index (κ3) is 8.63. The van der Waals surface area contributed by atoms with Gasteiger partial charge in [-0.15, -0.1) is 0 Å². The summed E-state index contributed by atoms with van der Waals surface area (Å²) in [6.45, 7) is 6.18. The van der Waals surface area contributed by atoms with Crippen LogP contribution in [0.25, 0.3) is 0 Å². The molecule has 0 heterocycles. The minimum Gasteiger partial charge on any atom is -0.466 e. The zero-order valence-electron chi connectivity index (χ0n) is 15.1. The van der Waals surface area contributed by atoms with Gasteiger partial charge in [-0.3, -0.25) is 9.59 Å². The number of unbranched alkanes of at least 4 members (excludes halogenated alkanes) is 1. The van der Waals surface area contributed by atoms with Gasteiger partial charge in [0, 0.05) is 31.9 Å². The molecule has 1 rings (SSSR count). The van der Waals surface area contributed by atoms with Gasteiger partial charge in [0.05, 0.1) is 13.0 Å². The second-order valence-electron chi connectivity index (χ2n) is 5.67. The van der Waals surface area contributed by atoms with E-state index < -0.39 is 0 Å². The van der Waals surface area contributed by atoms with Crippen molar-refractivity contribution in [2.75, 3.05) is 32.9 Å². The highest BCUT2D eigenvalue weighted by molar-refractivity contribution is 5.94. The fourth-order valence-corrected chi connectivity index (χ4v) is 2.26. The van der Waals surface area contributed by atoms with Crippen molar-refractivity contribution in [2.24, 2.45) is 0 Å². The fourth-order valence-electron chi connectivity index (χ4n) is 2.26. The van der Waals surface area contributed by atoms with Crippen molar-refractivity contribution in [2.45, 2.75) is 39.5 Å². The molecule has 0 bridgehead atoms. The molecule has 0 atom stereocenters. The van der Waals surface area contributed by atoms with Gasteiger partial charge >= 0.3 is 5.97 Å². The molecule has 0 aromatic heterocycles. The van der Waals surface area contributed by atoms with E-state index in [0.29, 0.717) is 38.3 Å². The summed E-state index contributed by atoms with van der Waals surface area (Å²) in [4.78, 5) is 25.8. The first-order chi connectivity index (χ1) is 12.1. The monoisotopic (exact) mass is 353 g/mol. The highest BCUT2D eigenvalue weighted by Gasteiger charge is 2.17. The molecule has 1 aromatic carbocycles. The van der Waals surface area contributed by atoms with Crippen molar-refractivity contribution in [3.05, 3.63) is 35.6 Å². The highest BCUT2D eigenvalue weighted by atomic mass is 19.1. The van der Waals surface area contributed by atoms with Crippen LogP contribution in [0.5, 0.6) is 0 Å². The third-order valence-corrected chi connectivity index (χ3v) is 3.63. The van der Waals surface area contributed by atoms with Crippen molar-refractivity contribution in [1.29, 1.82) is 0 Å². The van der Waals surface area contributed by atoms with E-state index in [-0.39, 0.29) is 30.7 Å². The highest BCUT2D eigenvalue weighted by Crippen LogP contribution is 2.09. The summed E-state index contributed by atoms with van der Waals surface area (Å²) in [5, 5.41) is 0. The number of rotatable bonds is 12. The largest absolute Gasteiger partial charge is 0.466 e. The van der Waals surface area contributed by atoms with Gasteiger partial charge in [-0.2, -0.15) is 0 Å². The molecule has 1 aromatic rings. The van der Waals surface area contributed by atoms with E-state index in [0.717, 1.165) is 12.8 Å². The minimum atomic E-state index is -0.390. The summed E-state index contributed by atoms with van der Waals surface area (Å²) in [6, 6.07) is 5.41. The summed E-state index contributed by atoms with van der Waals surface area (Å²) in [7, 11) is 0. The zero-order valence-corrected chi connectivity index (χ0v) is 15.1. The van der Waals surface area contributed by atoms with Crippen LogP contribution in [0.1, 0.15) is 49.9 Å². The lowest BCUT2D eigenvalue weighted by atomic mass is 10.2. The number of ether oxygens (including phenoxy) is 2. The van der Waals surface area contributed by atoms with Crippen molar-refractivity contribution >= 4 is 11.9 Å². The van der Waals surface area contributed by atoms with Crippen molar-refractivity contribution in [3.63, 3.8) is 0 Å². The second-order valence-corrected chi connectivity index (χ2v) is 5.67. The maximum atomic E-state index is 13.0. The molecule has 140 valence electrons. The average Bonchev–Trinajstić information content (AvgIpc) is 2.61. The van der Waals surface area contributed by atoms with Gasteiger partial charge < -0.3 is 14.4 Å². The maximum absolute atomic E-state index is 13.0. The van der Waals surface area contributed by atoms with E-state index in [1.807, 2.05) is 0 Å². The zero-order chi connectivity index (χ0) is 18.5. The Hall–Kier alpha value is -1.95. The Morgan fingerprint density at radius 1 is 1.04 bits per heavy atom. The van der Waals surface area contributed by atoms with Gasteiger partial charge in [0.25, 0.3) is 5.91 Å². The summed E-state index contributed by atoms with van der Waals surface area (Å²) in [5.74, 6) is -0.949. The van der Waals surface area contributed by atoms with Crippen LogP contribution in [0.4, 0.5) is 4.39 Å². The number of benzene rings is 1. The minimum absolute atomic E-state index is 0.136. The molecule has 0 spiro atoms. The first-order valence-corrected chi connectivity index (χ1v) is 8.86. The topological polar surface area (TPSA) is 55.8 Å². The number of esters is 1. The summed E-state index contributed by atoms with van der Waals surface area (Å²) < 4.78 is 23.5. The molecule has 0 aliphatic rings. The normalized spacial score (nSPS) is 10.5. The molecule has 0 fully saturated rings. The molecular formula is C19H28FNO4. The van der Waals surface area contributed by atoms with Crippen molar-refractivity contribution in [3.8, 4) is 0 Å². The number of halogens is 1. The molecule has 5 nitrogen and oxygen atoms in total. The fraction of sp³-hybridized carbons (Fsp3) is 0.579. The Balaban J connectivity index is 2.58. The molecule has 6 heteroatoms. The van der Waals surface area contributed by atoms with Gasteiger partial charge in [0.15, 0.2) is 0 Å². The van der Waals surface area contributed by atoms with Crippen molar-refractivity contribution in [1.82, 2.24) is 4.90 Å². The molecule has 0 saturated carbocycles. The van der Waals surface area contributed by atoms with Crippen LogP contribution in [0.3, 0.4) is 0 Å². The van der Waals surface area contributed by atoms with Crippen LogP contribution in [0.2, 0.25) is 0 Å². The van der Waals surface area contributed by atoms with E-state index in [1.165, 1.54) is 24.3 Å². The molecule has 0 aliphatic carbocycles. The maximum Gasteiger partial charge on any atom is 0.307 e. The van der Waals surface area contributed by atoms with Gasteiger partial charge in [0.2, 0.25) is 0 Å². The molecule has 0 saturated heterocycles. The van der Waals surface area contributed by atoms with Crippen molar-refractivity contribution < 1.29 is 23.5 Å². The lowest BCUT2D eigenvalue weighted by Gasteiger charge is -2.22. The first-order valence-electron chi connectivity index (χ1n) is 8.86. The predicted molar refractivity (Wildman–Crippen MR) is 93.9 cm³/mol. The number of carbonyl (C=O) groups is 2. The molecule has 0 aliphatic heterocycles. The smallest absolute Gasteiger partial charge is 0.307 e. The number of hydrogen-bond donors (Lipinski definition) is 0. The van der Waals surface area contributed by atoms with E-state index in [2.05, 4.69) is 6.92 Å². The molecule has 0 radical (unpaired) electrons. The number of amides is 1. The van der Waals surface area contributed by atoms with Crippen LogP contribution >= 0.6 is 0 Å². The molecule has 0 unspecified atom stereocenters. The van der Waals surface area contributed by atoms with Gasteiger partial charge in [-0.25, -0.2) is 4.39 Å². The Morgan fingerprint density at radius 2 is 1.72 bits per heavy atom.